The van der Waals surface area contributed by atoms with Crippen molar-refractivity contribution >= 4 is 34.9 Å². The fourth-order valence-electron chi connectivity index (χ4n) is 3.17. The summed E-state index contributed by atoms with van der Waals surface area (Å²) in [6.07, 6.45) is 1.51. The number of aromatic nitrogens is 1. The normalized spacial score (nSPS) is 14.6. The summed E-state index contributed by atoms with van der Waals surface area (Å²) in [5, 5.41) is 6.02. The van der Waals surface area contributed by atoms with Crippen LogP contribution < -0.4 is 15.4 Å². The Morgan fingerprint density at radius 3 is 2.55 bits per heavy atom. The van der Waals surface area contributed by atoms with Gasteiger partial charge in [0.25, 0.3) is 11.8 Å². The lowest BCUT2D eigenvalue weighted by atomic mass is 10.0. The van der Waals surface area contributed by atoms with Crippen LogP contribution in [-0.4, -0.2) is 36.1 Å². The van der Waals surface area contributed by atoms with Crippen LogP contribution in [-0.2, 0) is 4.74 Å². The van der Waals surface area contributed by atoms with Gasteiger partial charge in [0.2, 0.25) is 0 Å². The molecule has 0 saturated carbocycles. The minimum Gasteiger partial charge on any atom is -0.490 e. The Balaban J connectivity index is 1.55. The molecule has 2 heterocycles. The van der Waals surface area contributed by atoms with E-state index in [1.165, 1.54) is 6.20 Å². The molecule has 2 aromatic carbocycles. The van der Waals surface area contributed by atoms with Crippen LogP contribution in [0.15, 0.2) is 60.8 Å². The van der Waals surface area contributed by atoms with Crippen molar-refractivity contribution in [1.29, 1.82) is 0 Å². The lowest BCUT2D eigenvalue weighted by Crippen LogP contribution is -2.19. The molecule has 8 heteroatoms. The maximum absolute atomic E-state index is 13.2. The second-order valence-corrected chi connectivity index (χ2v) is 8.43. The zero-order valence-corrected chi connectivity index (χ0v) is 19.1. The summed E-state index contributed by atoms with van der Waals surface area (Å²) in [6.45, 7) is 5.20. The minimum atomic E-state index is -0.404. The Labute approximate surface area is 197 Å². The summed E-state index contributed by atoms with van der Waals surface area (Å²) >= 11 is 5.85. The fraction of sp³-hybridized carbons (Fsp3) is 0.240. The maximum atomic E-state index is 13.2. The van der Waals surface area contributed by atoms with Crippen molar-refractivity contribution in [2.75, 3.05) is 23.8 Å². The van der Waals surface area contributed by atoms with E-state index in [0.29, 0.717) is 46.6 Å². The van der Waals surface area contributed by atoms with Gasteiger partial charge in [-0.05, 0) is 47.9 Å². The van der Waals surface area contributed by atoms with E-state index >= 15 is 0 Å². The van der Waals surface area contributed by atoms with Crippen molar-refractivity contribution in [3.05, 3.63) is 82.5 Å². The highest BCUT2D eigenvalue weighted by Crippen LogP contribution is 2.28. The molecule has 1 unspecified atom stereocenters. The molecule has 0 aliphatic carbocycles. The second kappa shape index (κ2) is 10.0. The highest BCUT2D eigenvalue weighted by molar-refractivity contribution is 6.30. The van der Waals surface area contributed by atoms with Crippen molar-refractivity contribution in [1.82, 2.24) is 4.98 Å². The van der Waals surface area contributed by atoms with Crippen LogP contribution in [0.1, 0.15) is 46.0 Å². The largest absolute Gasteiger partial charge is 0.490 e. The van der Waals surface area contributed by atoms with Crippen LogP contribution in [0.5, 0.6) is 5.75 Å². The maximum Gasteiger partial charge on any atom is 0.259 e. The minimum absolute atomic E-state index is 0.0644. The van der Waals surface area contributed by atoms with Crippen molar-refractivity contribution in [2.45, 2.75) is 25.9 Å². The predicted octanol–water partition coefficient (Wildman–Crippen LogP) is 5.14. The predicted molar refractivity (Wildman–Crippen MR) is 127 cm³/mol. The molecule has 170 valence electrons. The van der Waals surface area contributed by atoms with Crippen LogP contribution in [0.2, 0.25) is 5.02 Å². The van der Waals surface area contributed by atoms with E-state index in [2.05, 4.69) is 29.5 Å². The Morgan fingerprint density at radius 1 is 1.09 bits per heavy atom. The van der Waals surface area contributed by atoms with Crippen LogP contribution in [0.25, 0.3) is 0 Å². The lowest BCUT2D eigenvalue weighted by Gasteiger charge is -2.15. The van der Waals surface area contributed by atoms with Crippen LogP contribution >= 0.6 is 11.6 Å². The van der Waals surface area contributed by atoms with E-state index in [4.69, 9.17) is 21.1 Å². The van der Waals surface area contributed by atoms with E-state index in [9.17, 15) is 9.59 Å². The zero-order chi connectivity index (χ0) is 23.4. The molecular formula is C25H24ClN3O4. The van der Waals surface area contributed by atoms with Gasteiger partial charge >= 0.3 is 0 Å². The highest BCUT2D eigenvalue weighted by atomic mass is 35.5. The molecule has 1 aliphatic rings. The van der Waals surface area contributed by atoms with Gasteiger partial charge in [-0.15, -0.1) is 0 Å². The molecule has 33 heavy (non-hydrogen) atoms. The smallest absolute Gasteiger partial charge is 0.259 e. The van der Waals surface area contributed by atoms with Crippen LogP contribution in [0.3, 0.4) is 0 Å². The first-order chi connectivity index (χ1) is 15.9. The number of ether oxygens (including phenoxy) is 2. The zero-order valence-electron chi connectivity index (χ0n) is 18.3. The molecule has 7 nitrogen and oxygen atoms in total. The standard InChI is InChI=1S/C25H24ClN3O4/c1-15(2)16-7-9-20(22(11-16)33-14-18-13-32-18)25(31)28-21-6-4-3-5-19(21)24(30)29-23-10-8-17(26)12-27-23/h3-12,15,18H,13-14H2,1-2H3,(H,28,31)(H,27,29,30). The van der Waals surface area contributed by atoms with Gasteiger partial charge in [0.15, 0.2) is 0 Å². The van der Waals surface area contributed by atoms with Gasteiger partial charge in [-0.25, -0.2) is 4.98 Å². The molecule has 2 N–H and O–H groups in total. The number of epoxide rings is 1. The van der Waals surface area contributed by atoms with E-state index in [1.807, 2.05) is 12.1 Å². The van der Waals surface area contributed by atoms with Gasteiger partial charge in [0.05, 0.1) is 28.4 Å². The van der Waals surface area contributed by atoms with Crippen molar-refractivity contribution < 1.29 is 19.1 Å². The third-order valence-electron chi connectivity index (χ3n) is 5.13. The number of halogens is 1. The molecule has 2 amide bonds. The lowest BCUT2D eigenvalue weighted by molar-refractivity contribution is 0.102. The molecule has 0 radical (unpaired) electrons. The third-order valence-corrected chi connectivity index (χ3v) is 5.36. The van der Waals surface area contributed by atoms with E-state index < -0.39 is 5.91 Å². The highest BCUT2D eigenvalue weighted by Gasteiger charge is 2.25. The Hall–Kier alpha value is -3.42. The Bertz CT molecular complexity index is 1160. The number of rotatable bonds is 8. The number of hydrogen-bond acceptors (Lipinski definition) is 5. The van der Waals surface area contributed by atoms with Crippen molar-refractivity contribution in [2.24, 2.45) is 0 Å². The van der Waals surface area contributed by atoms with Gasteiger partial charge in [-0.1, -0.05) is 43.6 Å². The molecule has 0 spiro atoms. The number of para-hydroxylation sites is 1. The van der Waals surface area contributed by atoms with E-state index in [-0.39, 0.29) is 17.9 Å². The molecule has 1 fully saturated rings. The fourth-order valence-corrected chi connectivity index (χ4v) is 3.28. The first-order valence-electron chi connectivity index (χ1n) is 10.6. The van der Waals surface area contributed by atoms with Crippen LogP contribution in [0, 0.1) is 0 Å². The summed E-state index contributed by atoms with van der Waals surface area (Å²) in [7, 11) is 0. The van der Waals surface area contributed by atoms with Crippen LogP contribution in [0.4, 0.5) is 11.5 Å². The topological polar surface area (TPSA) is 92.9 Å². The third kappa shape index (κ3) is 5.88. The van der Waals surface area contributed by atoms with Gasteiger partial charge in [-0.2, -0.15) is 0 Å². The number of amides is 2. The van der Waals surface area contributed by atoms with Gasteiger partial charge < -0.3 is 20.1 Å². The SMILES string of the molecule is CC(C)c1ccc(C(=O)Nc2ccccc2C(=O)Nc2ccc(Cl)cn2)c(OCC2CO2)c1. The Kier molecular flexibility index (Phi) is 6.91. The molecule has 1 aliphatic heterocycles. The quantitative estimate of drug-likeness (QED) is 0.449. The molecule has 1 atom stereocenters. The summed E-state index contributed by atoms with van der Waals surface area (Å²) in [6, 6.07) is 15.5. The first-order valence-corrected chi connectivity index (χ1v) is 11.0. The molecule has 0 bridgehead atoms. The van der Waals surface area contributed by atoms with Gasteiger partial charge in [-0.3, -0.25) is 9.59 Å². The van der Waals surface area contributed by atoms with E-state index in [0.717, 1.165) is 5.56 Å². The first kappa shape index (κ1) is 22.8. The van der Waals surface area contributed by atoms with Crippen molar-refractivity contribution in [3.8, 4) is 5.75 Å². The summed E-state index contributed by atoms with van der Waals surface area (Å²) in [4.78, 5) is 30.1. The van der Waals surface area contributed by atoms with Crippen molar-refractivity contribution in [3.63, 3.8) is 0 Å². The molecule has 1 saturated heterocycles. The number of pyridine rings is 1. The number of anilines is 2. The summed E-state index contributed by atoms with van der Waals surface area (Å²) in [5.41, 5.74) is 2.12. The number of nitrogens with zero attached hydrogens (tertiary/aromatic N) is 1. The monoisotopic (exact) mass is 465 g/mol. The number of hydrogen-bond donors (Lipinski definition) is 2. The number of nitrogens with one attached hydrogen (secondary N) is 2. The number of carbonyl (C=O) groups excluding carboxylic acids is 2. The van der Waals surface area contributed by atoms with E-state index in [1.54, 1.807) is 42.5 Å². The number of carbonyl (C=O) groups is 2. The van der Waals surface area contributed by atoms with Gasteiger partial charge in [0.1, 0.15) is 24.3 Å². The average Bonchev–Trinajstić information content (AvgIpc) is 3.64. The average molecular weight is 466 g/mol. The second-order valence-electron chi connectivity index (χ2n) is 7.99. The number of benzene rings is 2. The Morgan fingerprint density at radius 2 is 1.85 bits per heavy atom. The molecule has 4 rings (SSSR count). The molecular weight excluding hydrogens is 442 g/mol. The summed E-state index contributed by atoms with van der Waals surface area (Å²) < 4.78 is 11.1. The molecule has 3 aromatic rings. The molecule has 1 aromatic heterocycles. The van der Waals surface area contributed by atoms with Gasteiger partial charge in [0, 0.05) is 6.20 Å². The summed E-state index contributed by atoms with van der Waals surface area (Å²) in [5.74, 6) is 0.349.